The van der Waals surface area contributed by atoms with Crippen molar-refractivity contribution in [2.45, 2.75) is 19.8 Å². The van der Waals surface area contributed by atoms with Crippen LogP contribution in [0.3, 0.4) is 0 Å². The quantitative estimate of drug-likeness (QED) is 0.636. The number of aryl methyl sites for hydroxylation is 2. The van der Waals surface area contributed by atoms with Gasteiger partial charge in [0.2, 0.25) is 11.5 Å². The summed E-state index contributed by atoms with van der Waals surface area (Å²) in [5, 5.41) is 9.64. The Bertz CT molecular complexity index is 760. The molecule has 2 aromatic heterocycles. The summed E-state index contributed by atoms with van der Waals surface area (Å²) >= 11 is 0. The van der Waals surface area contributed by atoms with Crippen LogP contribution in [0.4, 0.5) is 0 Å². The van der Waals surface area contributed by atoms with Gasteiger partial charge in [-0.15, -0.1) is 0 Å². The molecule has 3 N–H and O–H groups in total. The number of nitrogens with zero attached hydrogens (tertiary/aromatic N) is 2. The fraction of sp³-hybridized carbons (Fsp3) is 0.412. The molecule has 8 heteroatoms. The zero-order chi connectivity index (χ0) is 18.2. The number of aromatic amines is 1. The maximum atomic E-state index is 12.0. The molecule has 0 bridgehead atoms. The van der Waals surface area contributed by atoms with Crippen molar-refractivity contribution in [2.24, 2.45) is 13.0 Å². The second-order valence-electron chi connectivity index (χ2n) is 6.02. The first kappa shape index (κ1) is 18.4. The lowest BCUT2D eigenvalue weighted by atomic mass is 10.1. The van der Waals surface area contributed by atoms with Crippen molar-refractivity contribution in [3.63, 3.8) is 0 Å². The molecular formula is C17H23N5O3. The van der Waals surface area contributed by atoms with Gasteiger partial charge in [0, 0.05) is 45.0 Å². The zero-order valence-electron chi connectivity index (χ0n) is 14.4. The fourth-order valence-corrected chi connectivity index (χ4v) is 2.26. The molecule has 0 aliphatic heterocycles. The Hall–Kier alpha value is -2.90. The van der Waals surface area contributed by atoms with Crippen molar-refractivity contribution >= 4 is 11.8 Å². The average molecular weight is 345 g/mol. The number of nitrogens with one attached hydrogen (secondary N) is 3. The van der Waals surface area contributed by atoms with Gasteiger partial charge in [-0.3, -0.25) is 19.1 Å². The Labute approximate surface area is 145 Å². The number of hydrogen-bond acceptors (Lipinski definition) is 4. The highest BCUT2D eigenvalue weighted by molar-refractivity contribution is 5.92. The fourth-order valence-electron chi connectivity index (χ4n) is 2.26. The normalized spacial score (nSPS) is 11.8. The molecule has 2 rings (SSSR count). The summed E-state index contributed by atoms with van der Waals surface area (Å²) in [6, 6.07) is 4.81. The van der Waals surface area contributed by atoms with E-state index in [0.29, 0.717) is 31.6 Å². The molecule has 2 heterocycles. The van der Waals surface area contributed by atoms with Gasteiger partial charge in [-0.1, -0.05) is 13.0 Å². The third-order valence-corrected chi connectivity index (χ3v) is 3.80. The van der Waals surface area contributed by atoms with Crippen LogP contribution < -0.4 is 16.2 Å². The van der Waals surface area contributed by atoms with Gasteiger partial charge < -0.3 is 15.6 Å². The molecule has 134 valence electrons. The largest absolute Gasteiger partial charge is 0.356 e. The topological polar surface area (TPSA) is 109 Å². The lowest BCUT2D eigenvalue weighted by Crippen LogP contribution is -2.36. The van der Waals surface area contributed by atoms with E-state index in [0.717, 1.165) is 5.56 Å². The number of aromatic nitrogens is 3. The minimum absolute atomic E-state index is 0.0592. The Balaban J connectivity index is 1.65. The van der Waals surface area contributed by atoms with E-state index in [2.05, 4.69) is 20.7 Å². The van der Waals surface area contributed by atoms with E-state index in [-0.39, 0.29) is 23.3 Å². The highest BCUT2D eigenvalue weighted by Gasteiger charge is 2.11. The van der Waals surface area contributed by atoms with Crippen LogP contribution in [0.2, 0.25) is 0 Å². The van der Waals surface area contributed by atoms with Crippen LogP contribution in [0.15, 0.2) is 35.4 Å². The average Bonchev–Trinajstić information content (AvgIpc) is 3.03. The van der Waals surface area contributed by atoms with E-state index in [1.807, 2.05) is 6.92 Å². The first-order chi connectivity index (χ1) is 12.0. The van der Waals surface area contributed by atoms with Crippen LogP contribution in [0, 0.1) is 5.92 Å². The van der Waals surface area contributed by atoms with E-state index < -0.39 is 0 Å². The molecule has 25 heavy (non-hydrogen) atoms. The summed E-state index contributed by atoms with van der Waals surface area (Å²) in [4.78, 5) is 37.4. The summed E-state index contributed by atoms with van der Waals surface area (Å²) in [6.07, 6.45) is 4.10. The number of carbonyl (C=O) groups excluding carboxylic acids is 2. The van der Waals surface area contributed by atoms with Gasteiger partial charge in [0.1, 0.15) is 5.69 Å². The number of amides is 2. The van der Waals surface area contributed by atoms with Crippen LogP contribution >= 0.6 is 0 Å². The minimum atomic E-state index is -0.184. The van der Waals surface area contributed by atoms with Crippen LogP contribution in [-0.2, 0) is 18.3 Å². The lowest BCUT2D eigenvalue weighted by molar-refractivity contribution is -0.121. The number of pyridine rings is 1. The van der Waals surface area contributed by atoms with Gasteiger partial charge >= 0.3 is 0 Å². The molecule has 0 aliphatic carbocycles. The van der Waals surface area contributed by atoms with E-state index in [4.69, 9.17) is 0 Å². The first-order valence-electron chi connectivity index (χ1n) is 8.16. The summed E-state index contributed by atoms with van der Waals surface area (Å²) < 4.78 is 1.51. The minimum Gasteiger partial charge on any atom is -0.356 e. The molecule has 0 radical (unpaired) electrons. The maximum absolute atomic E-state index is 12.0. The van der Waals surface area contributed by atoms with Gasteiger partial charge in [-0.05, 0) is 24.0 Å². The van der Waals surface area contributed by atoms with Gasteiger partial charge in [-0.25, -0.2) is 0 Å². The third kappa shape index (κ3) is 5.91. The molecule has 2 aromatic rings. The summed E-state index contributed by atoms with van der Waals surface area (Å²) in [5.41, 5.74) is 1.25. The number of rotatable bonds is 8. The van der Waals surface area contributed by atoms with E-state index in [1.54, 1.807) is 31.6 Å². The van der Waals surface area contributed by atoms with Crippen LogP contribution in [0.1, 0.15) is 29.4 Å². The smallest absolute Gasteiger partial charge is 0.269 e. The summed E-state index contributed by atoms with van der Waals surface area (Å²) in [5.74, 6) is -0.138. The van der Waals surface area contributed by atoms with Crippen molar-refractivity contribution in [3.05, 3.63) is 52.2 Å². The Morgan fingerprint density at radius 2 is 2.00 bits per heavy atom. The van der Waals surface area contributed by atoms with Crippen molar-refractivity contribution in [1.82, 2.24) is 25.4 Å². The van der Waals surface area contributed by atoms with Gasteiger partial charge in [-0.2, -0.15) is 5.10 Å². The van der Waals surface area contributed by atoms with Crippen molar-refractivity contribution in [3.8, 4) is 0 Å². The zero-order valence-corrected chi connectivity index (χ0v) is 14.4. The third-order valence-electron chi connectivity index (χ3n) is 3.80. The molecular weight excluding hydrogens is 322 g/mol. The van der Waals surface area contributed by atoms with Crippen molar-refractivity contribution < 1.29 is 9.59 Å². The number of carbonyl (C=O) groups is 2. The highest BCUT2D eigenvalue weighted by atomic mass is 16.2. The Kier molecular flexibility index (Phi) is 6.50. The predicted molar refractivity (Wildman–Crippen MR) is 93.1 cm³/mol. The van der Waals surface area contributed by atoms with Gasteiger partial charge in [0.25, 0.3) is 5.91 Å². The van der Waals surface area contributed by atoms with Crippen molar-refractivity contribution in [2.75, 3.05) is 13.1 Å². The molecule has 0 aromatic carbocycles. The van der Waals surface area contributed by atoms with E-state index in [1.165, 1.54) is 10.7 Å². The lowest BCUT2D eigenvalue weighted by Gasteiger charge is -2.14. The second kappa shape index (κ2) is 8.81. The molecule has 0 unspecified atom stereocenters. The molecule has 0 aliphatic rings. The summed E-state index contributed by atoms with van der Waals surface area (Å²) in [6.45, 7) is 2.89. The summed E-state index contributed by atoms with van der Waals surface area (Å²) in [7, 11) is 1.71. The van der Waals surface area contributed by atoms with E-state index in [9.17, 15) is 14.4 Å². The van der Waals surface area contributed by atoms with Crippen LogP contribution in [0.5, 0.6) is 0 Å². The van der Waals surface area contributed by atoms with Crippen LogP contribution in [0.25, 0.3) is 0 Å². The Morgan fingerprint density at radius 1 is 1.24 bits per heavy atom. The van der Waals surface area contributed by atoms with E-state index >= 15 is 0 Å². The molecule has 1 atom stereocenters. The van der Waals surface area contributed by atoms with Crippen LogP contribution in [-0.4, -0.2) is 39.7 Å². The first-order valence-corrected chi connectivity index (χ1v) is 8.16. The predicted octanol–water partition coefficient (Wildman–Crippen LogP) is 0.223. The molecule has 0 saturated heterocycles. The monoisotopic (exact) mass is 345 g/mol. The Morgan fingerprint density at radius 3 is 2.64 bits per heavy atom. The molecule has 2 amide bonds. The van der Waals surface area contributed by atoms with Gasteiger partial charge in [0.05, 0.1) is 0 Å². The molecule has 0 spiro atoms. The standard InChI is InChI=1S/C17H23N5O3/c1-12(10-20-17(25)14-7-8-21-22(14)2)9-18-15(23)5-3-13-4-6-16(24)19-11-13/h4,6-8,11-12H,3,5,9-10H2,1-2H3,(H,18,23)(H,19,24)(H,20,25)/t12-/m1/s1. The molecule has 8 nitrogen and oxygen atoms in total. The highest BCUT2D eigenvalue weighted by Crippen LogP contribution is 2.00. The molecule has 0 saturated carbocycles. The van der Waals surface area contributed by atoms with Crippen molar-refractivity contribution in [1.29, 1.82) is 0 Å². The second-order valence-corrected chi connectivity index (χ2v) is 6.02. The maximum Gasteiger partial charge on any atom is 0.269 e. The van der Waals surface area contributed by atoms with Gasteiger partial charge in [0.15, 0.2) is 0 Å². The number of hydrogen-bond donors (Lipinski definition) is 3. The molecule has 0 fully saturated rings. The SMILES string of the molecule is C[C@H](CNC(=O)CCc1ccc(=O)[nH]c1)CNC(=O)c1ccnn1C. The number of H-pyrrole nitrogens is 1.